The Morgan fingerprint density at radius 1 is 1.14 bits per heavy atom. The van der Waals surface area contributed by atoms with Crippen molar-refractivity contribution in [3.05, 3.63) is 59.9 Å². The lowest BCUT2D eigenvalue weighted by Crippen LogP contribution is -2.06. The van der Waals surface area contributed by atoms with Crippen LogP contribution in [0.1, 0.15) is 18.3 Å². The first-order valence-electron chi connectivity index (χ1n) is 8.89. The minimum atomic E-state index is 0.0133. The molecule has 29 heavy (non-hydrogen) atoms. The number of methoxy groups -OCH3 is 1. The Morgan fingerprint density at radius 3 is 2.62 bits per heavy atom. The fourth-order valence-corrected chi connectivity index (χ4v) is 2.58. The molecule has 0 aliphatic carbocycles. The van der Waals surface area contributed by atoms with Crippen LogP contribution in [0.2, 0.25) is 0 Å². The van der Waals surface area contributed by atoms with Crippen LogP contribution in [0.15, 0.2) is 48.5 Å². The average molecular weight is 388 g/mol. The molecule has 1 aromatic heterocycles. The topological polar surface area (TPSA) is 119 Å². The quantitative estimate of drug-likeness (QED) is 0.589. The predicted octanol–water partition coefficient (Wildman–Crippen LogP) is 3.67. The minimum absolute atomic E-state index is 0.0133. The molecule has 0 unspecified atom stereocenters. The highest BCUT2D eigenvalue weighted by atomic mass is 16.5. The van der Waals surface area contributed by atoms with Gasteiger partial charge >= 0.3 is 0 Å². The maximum absolute atomic E-state index is 9.65. The first-order chi connectivity index (χ1) is 14.1. The third kappa shape index (κ3) is 4.99. The van der Waals surface area contributed by atoms with Gasteiger partial charge in [0.05, 0.1) is 19.3 Å². The standard InChI is InChI=1S/C21H20N6O2/c1-3-29-18-12-14(9-10-17(18)28-2)11-15(13-22)19-25-20(23)27-21(26-19)24-16-7-5-4-6-8-16/h4-12H,3H2,1-2H3,(H3,23,24,25,26,27)/b15-11+. The molecule has 3 rings (SSSR count). The lowest BCUT2D eigenvalue weighted by molar-refractivity contribution is 0.311. The molecule has 0 fully saturated rings. The van der Waals surface area contributed by atoms with Crippen LogP contribution in [0.25, 0.3) is 11.6 Å². The number of hydrogen-bond acceptors (Lipinski definition) is 8. The molecular formula is C21H20N6O2. The van der Waals surface area contributed by atoms with Crippen LogP contribution in [0, 0.1) is 11.3 Å². The van der Waals surface area contributed by atoms with Gasteiger partial charge < -0.3 is 20.5 Å². The van der Waals surface area contributed by atoms with E-state index in [4.69, 9.17) is 15.2 Å². The fraction of sp³-hybridized carbons (Fsp3) is 0.143. The molecule has 146 valence electrons. The summed E-state index contributed by atoms with van der Waals surface area (Å²) in [7, 11) is 1.57. The third-order valence-corrected chi connectivity index (χ3v) is 3.84. The molecule has 1 heterocycles. The van der Waals surface area contributed by atoms with Gasteiger partial charge in [-0.2, -0.15) is 20.2 Å². The number of nitrogens with one attached hydrogen (secondary N) is 1. The molecule has 3 N–H and O–H groups in total. The van der Waals surface area contributed by atoms with Gasteiger partial charge in [0.15, 0.2) is 17.3 Å². The second-order valence-electron chi connectivity index (χ2n) is 5.84. The lowest BCUT2D eigenvalue weighted by Gasteiger charge is -2.10. The first kappa shape index (κ1) is 19.6. The summed E-state index contributed by atoms with van der Waals surface area (Å²) in [5.41, 5.74) is 7.60. The minimum Gasteiger partial charge on any atom is -0.493 e. The van der Waals surface area contributed by atoms with Crippen LogP contribution in [0.4, 0.5) is 17.6 Å². The molecular weight excluding hydrogens is 368 g/mol. The monoisotopic (exact) mass is 388 g/mol. The smallest absolute Gasteiger partial charge is 0.232 e. The maximum atomic E-state index is 9.65. The first-order valence-corrected chi connectivity index (χ1v) is 8.89. The Bertz CT molecular complexity index is 1060. The Kier molecular flexibility index (Phi) is 6.22. The van der Waals surface area contributed by atoms with Crippen molar-refractivity contribution >= 4 is 29.2 Å². The number of aromatic nitrogens is 3. The van der Waals surface area contributed by atoms with Gasteiger partial charge in [0.2, 0.25) is 11.9 Å². The molecule has 2 aromatic carbocycles. The van der Waals surface area contributed by atoms with Crippen LogP contribution in [0.5, 0.6) is 11.5 Å². The zero-order valence-electron chi connectivity index (χ0n) is 16.1. The van der Waals surface area contributed by atoms with Gasteiger partial charge in [0.25, 0.3) is 0 Å². The van der Waals surface area contributed by atoms with Crippen molar-refractivity contribution in [3.63, 3.8) is 0 Å². The van der Waals surface area contributed by atoms with E-state index in [9.17, 15) is 5.26 Å². The number of nitriles is 1. The molecule has 0 saturated heterocycles. The van der Waals surface area contributed by atoms with Crippen molar-refractivity contribution in [1.82, 2.24) is 15.0 Å². The van der Waals surface area contributed by atoms with Crippen molar-refractivity contribution in [2.75, 3.05) is 24.8 Å². The Morgan fingerprint density at radius 2 is 1.93 bits per heavy atom. The van der Waals surface area contributed by atoms with E-state index in [0.29, 0.717) is 18.1 Å². The van der Waals surface area contributed by atoms with E-state index in [0.717, 1.165) is 11.3 Å². The highest BCUT2D eigenvalue weighted by Gasteiger charge is 2.11. The van der Waals surface area contributed by atoms with E-state index in [1.54, 1.807) is 25.3 Å². The number of anilines is 3. The molecule has 8 nitrogen and oxygen atoms in total. The number of ether oxygens (including phenoxy) is 2. The summed E-state index contributed by atoms with van der Waals surface area (Å²) in [4.78, 5) is 12.5. The molecule has 0 bridgehead atoms. The van der Waals surface area contributed by atoms with Crippen molar-refractivity contribution in [3.8, 4) is 17.6 Å². The zero-order valence-corrected chi connectivity index (χ0v) is 16.1. The molecule has 0 atom stereocenters. The van der Waals surface area contributed by atoms with E-state index in [-0.39, 0.29) is 23.3 Å². The summed E-state index contributed by atoms with van der Waals surface area (Å²) in [5.74, 6) is 1.64. The summed E-state index contributed by atoms with van der Waals surface area (Å²) in [6.45, 7) is 2.38. The summed E-state index contributed by atoms with van der Waals surface area (Å²) in [6.07, 6.45) is 1.66. The fourth-order valence-electron chi connectivity index (χ4n) is 2.58. The largest absolute Gasteiger partial charge is 0.493 e. The summed E-state index contributed by atoms with van der Waals surface area (Å²) < 4.78 is 10.9. The van der Waals surface area contributed by atoms with Gasteiger partial charge in [-0.05, 0) is 42.8 Å². The number of nitrogens with zero attached hydrogens (tertiary/aromatic N) is 4. The van der Waals surface area contributed by atoms with Gasteiger partial charge in [-0.25, -0.2) is 0 Å². The average Bonchev–Trinajstić information content (AvgIpc) is 2.73. The molecule has 0 amide bonds. The second-order valence-corrected chi connectivity index (χ2v) is 5.84. The van der Waals surface area contributed by atoms with E-state index in [1.165, 1.54) is 0 Å². The van der Waals surface area contributed by atoms with Crippen molar-refractivity contribution in [1.29, 1.82) is 5.26 Å². The molecule has 0 spiro atoms. The normalized spacial score (nSPS) is 10.9. The molecule has 0 radical (unpaired) electrons. The van der Waals surface area contributed by atoms with Gasteiger partial charge in [-0.15, -0.1) is 0 Å². The SMILES string of the molecule is CCOc1cc(/C=C(\C#N)c2nc(N)nc(Nc3ccccc3)n2)ccc1OC. The Labute approximate surface area is 168 Å². The van der Waals surface area contributed by atoms with E-state index >= 15 is 0 Å². The summed E-state index contributed by atoms with van der Waals surface area (Å²) in [6, 6.07) is 16.9. The molecule has 0 aliphatic rings. The van der Waals surface area contributed by atoms with E-state index in [2.05, 4.69) is 26.3 Å². The van der Waals surface area contributed by atoms with E-state index < -0.39 is 0 Å². The number of para-hydroxylation sites is 1. The Hall–Kier alpha value is -4.12. The van der Waals surface area contributed by atoms with Gasteiger partial charge in [-0.3, -0.25) is 0 Å². The third-order valence-electron chi connectivity index (χ3n) is 3.84. The van der Waals surface area contributed by atoms with Crippen molar-refractivity contribution in [2.45, 2.75) is 6.92 Å². The van der Waals surface area contributed by atoms with Crippen molar-refractivity contribution < 1.29 is 9.47 Å². The molecule has 3 aromatic rings. The number of nitrogens with two attached hydrogens (primary N) is 1. The number of allylic oxidation sites excluding steroid dienone is 1. The van der Waals surface area contributed by atoms with Crippen LogP contribution in [-0.4, -0.2) is 28.7 Å². The van der Waals surface area contributed by atoms with Gasteiger partial charge in [0.1, 0.15) is 6.07 Å². The lowest BCUT2D eigenvalue weighted by atomic mass is 10.1. The maximum Gasteiger partial charge on any atom is 0.232 e. The highest BCUT2D eigenvalue weighted by Crippen LogP contribution is 2.29. The number of hydrogen-bond donors (Lipinski definition) is 2. The summed E-state index contributed by atoms with van der Waals surface area (Å²) >= 11 is 0. The van der Waals surface area contributed by atoms with Crippen LogP contribution in [-0.2, 0) is 0 Å². The van der Waals surface area contributed by atoms with Crippen molar-refractivity contribution in [2.24, 2.45) is 0 Å². The number of rotatable bonds is 7. The second kappa shape index (κ2) is 9.19. The summed E-state index contributed by atoms with van der Waals surface area (Å²) in [5, 5.41) is 12.7. The van der Waals surface area contributed by atoms with E-state index in [1.807, 2.05) is 43.3 Å². The van der Waals surface area contributed by atoms with Gasteiger partial charge in [-0.1, -0.05) is 24.3 Å². The predicted molar refractivity (Wildman–Crippen MR) is 112 cm³/mol. The molecule has 0 saturated carbocycles. The highest BCUT2D eigenvalue weighted by molar-refractivity contribution is 5.87. The molecule has 0 aliphatic heterocycles. The Balaban J connectivity index is 1.95. The number of nitrogen functional groups attached to an aromatic ring is 1. The van der Waals surface area contributed by atoms with Gasteiger partial charge in [0, 0.05) is 5.69 Å². The van der Waals surface area contributed by atoms with Crippen LogP contribution < -0.4 is 20.5 Å². The zero-order chi connectivity index (χ0) is 20.6. The molecule has 8 heteroatoms. The van der Waals surface area contributed by atoms with Crippen LogP contribution >= 0.6 is 0 Å². The van der Waals surface area contributed by atoms with Crippen LogP contribution in [0.3, 0.4) is 0 Å². The number of benzene rings is 2.